The van der Waals surface area contributed by atoms with E-state index in [4.69, 9.17) is 22.1 Å². The summed E-state index contributed by atoms with van der Waals surface area (Å²) in [5.41, 5.74) is 6.61. The highest BCUT2D eigenvalue weighted by Gasteiger charge is 2.20. The summed E-state index contributed by atoms with van der Waals surface area (Å²) < 4.78 is 6.80. The fraction of sp³-hybridized carbons (Fsp3) is 0.125. The van der Waals surface area contributed by atoms with Gasteiger partial charge in [0.2, 0.25) is 0 Å². The van der Waals surface area contributed by atoms with E-state index in [0.717, 1.165) is 0 Å². The molecule has 3 N–H and O–H groups in total. The maximum atomic E-state index is 12.7. The number of hydrogen-bond donors (Lipinski definition) is 2. The van der Waals surface area contributed by atoms with E-state index in [1.807, 2.05) is 0 Å². The van der Waals surface area contributed by atoms with Crippen molar-refractivity contribution in [3.8, 4) is 5.75 Å². The van der Waals surface area contributed by atoms with E-state index in [0.29, 0.717) is 16.4 Å². The maximum absolute atomic E-state index is 12.7. The van der Waals surface area contributed by atoms with Crippen LogP contribution in [0.15, 0.2) is 35.1 Å². The molecular weight excluding hydrogens is 320 g/mol. The molecule has 2 aromatic carbocycles. The minimum absolute atomic E-state index is 0.147. The van der Waals surface area contributed by atoms with Gasteiger partial charge in [0, 0.05) is 5.39 Å². The number of pyridine rings is 1. The molecule has 3 rings (SSSR count). The van der Waals surface area contributed by atoms with Gasteiger partial charge in [-0.2, -0.15) is 0 Å². The first kappa shape index (κ1) is 15.2. The molecule has 118 valence electrons. The second-order valence-corrected chi connectivity index (χ2v) is 5.41. The molecule has 0 aliphatic rings. The van der Waals surface area contributed by atoms with Gasteiger partial charge in [-0.1, -0.05) is 23.7 Å². The summed E-state index contributed by atoms with van der Waals surface area (Å²) in [5.74, 6) is -0.860. The third-order valence-electron chi connectivity index (χ3n) is 3.67. The minimum Gasteiger partial charge on any atom is -0.493 e. The van der Waals surface area contributed by atoms with Gasteiger partial charge >= 0.3 is 5.97 Å². The molecule has 0 bridgehead atoms. The number of methoxy groups -OCH3 is 1. The van der Waals surface area contributed by atoms with Crippen molar-refractivity contribution in [3.63, 3.8) is 0 Å². The Morgan fingerprint density at radius 3 is 2.70 bits per heavy atom. The van der Waals surface area contributed by atoms with Crippen molar-refractivity contribution in [2.75, 3.05) is 12.8 Å². The van der Waals surface area contributed by atoms with Crippen LogP contribution < -0.4 is 15.9 Å². The van der Waals surface area contributed by atoms with E-state index in [-0.39, 0.29) is 33.8 Å². The van der Waals surface area contributed by atoms with Crippen LogP contribution >= 0.6 is 11.6 Å². The SMILES string of the molecule is COc1c(Cl)c(N)cc2c(=O)c3ccccc3n(CC(=O)O)c12. The van der Waals surface area contributed by atoms with Crippen LogP contribution in [0, 0.1) is 0 Å². The lowest BCUT2D eigenvalue weighted by atomic mass is 10.1. The number of halogens is 1. The lowest BCUT2D eigenvalue weighted by molar-refractivity contribution is -0.137. The topological polar surface area (TPSA) is 94.5 Å². The lowest BCUT2D eigenvalue weighted by Crippen LogP contribution is -2.17. The number of aromatic nitrogens is 1. The number of nitrogen functional groups attached to an aromatic ring is 1. The molecule has 23 heavy (non-hydrogen) atoms. The second-order valence-electron chi connectivity index (χ2n) is 5.04. The Morgan fingerprint density at radius 2 is 2.04 bits per heavy atom. The van der Waals surface area contributed by atoms with E-state index < -0.39 is 5.97 Å². The summed E-state index contributed by atoms with van der Waals surface area (Å²) in [6.07, 6.45) is 0. The van der Waals surface area contributed by atoms with E-state index >= 15 is 0 Å². The highest BCUT2D eigenvalue weighted by Crippen LogP contribution is 2.38. The molecule has 0 unspecified atom stereocenters. The van der Waals surface area contributed by atoms with E-state index in [1.165, 1.54) is 17.7 Å². The molecule has 0 fully saturated rings. The van der Waals surface area contributed by atoms with Gasteiger partial charge in [0.15, 0.2) is 11.2 Å². The number of para-hydroxylation sites is 1. The van der Waals surface area contributed by atoms with Crippen LogP contribution in [0.2, 0.25) is 5.02 Å². The lowest BCUT2D eigenvalue weighted by Gasteiger charge is -2.17. The van der Waals surface area contributed by atoms with E-state index in [1.54, 1.807) is 24.3 Å². The van der Waals surface area contributed by atoms with Crippen molar-refractivity contribution in [2.45, 2.75) is 6.54 Å². The average molecular weight is 333 g/mol. The molecule has 0 saturated heterocycles. The number of carbonyl (C=O) groups is 1. The number of fused-ring (bicyclic) bond motifs is 2. The molecule has 1 heterocycles. The van der Waals surface area contributed by atoms with Crippen LogP contribution in [0.3, 0.4) is 0 Å². The van der Waals surface area contributed by atoms with Crippen molar-refractivity contribution >= 4 is 45.1 Å². The van der Waals surface area contributed by atoms with Crippen molar-refractivity contribution < 1.29 is 14.6 Å². The van der Waals surface area contributed by atoms with Crippen LogP contribution in [0.5, 0.6) is 5.75 Å². The first-order valence-corrected chi connectivity index (χ1v) is 7.12. The Morgan fingerprint density at radius 1 is 1.35 bits per heavy atom. The normalized spacial score (nSPS) is 11.0. The Hall–Kier alpha value is -2.73. The molecule has 7 heteroatoms. The number of rotatable bonds is 3. The first-order valence-electron chi connectivity index (χ1n) is 6.74. The van der Waals surface area contributed by atoms with Crippen molar-refractivity contribution in [3.05, 3.63) is 45.6 Å². The van der Waals surface area contributed by atoms with Crippen LogP contribution in [-0.2, 0) is 11.3 Å². The number of aliphatic carboxylic acids is 1. The first-order chi connectivity index (χ1) is 11.0. The van der Waals surface area contributed by atoms with E-state index in [2.05, 4.69) is 0 Å². The zero-order valence-electron chi connectivity index (χ0n) is 12.2. The molecule has 3 aromatic rings. The number of nitrogens with two attached hydrogens (primary N) is 1. The predicted octanol–water partition coefficient (Wildman–Crippen LogP) is 2.48. The zero-order valence-corrected chi connectivity index (χ0v) is 12.9. The number of carboxylic acids is 1. The van der Waals surface area contributed by atoms with Gasteiger partial charge in [-0.05, 0) is 18.2 Å². The molecule has 0 amide bonds. The van der Waals surface area contributed by atoms with Crippen LogP contribution in [0.25, 0.3) is 21.8 Å². The minimum atomic E-state index is -1.05. The summed E-state index contributed by atoms with van der Waals surface area (Å²) in [6.45, 7) is -0.339. The van der Waals surface area contributed by atoms with Crippen LogP contribution in [0.1, 0.15) is 0 Å². The number of benzene rings is 2. The van der Waals surface area contributed by atoms with Gasteiger partial charge in [-0.15, -0.1) is 0 Å². The predicted molar refractivity (Wildman–Crippen MR) is 89.3 cm³/mol. The third-order valence-corrected chi connectivity index (χ3v) is 4.06. The fourth-order valence-electron chi connectivity index (χ4n) is 2.74. The Balaban J connectivity index is 2.65. The molecule has 0 aliphatic heterocycles. The largest absolute Gasteiger partial charge is 0.493 e. The van der Waals surface area contributed by atoms with Gasteiger partial charge in [0.05, 0.1) is 29.2 Å². The monoisotopic (exact) mass is 332 g/mol. The summed E-state index contributed by atoms with van der Waals surface area (Å²) in [6, 6.07) is 8.23. The quantitative estimate of drug-likeness (QED) is 0.567. The summed E-state index contributed by atoms with van der Waals surface area (Å²) in [4.78, 5) is 24.0. The fourth-order valence-corrected chi connectivity index (χ4v) is 2.96. The molecule has 0 saturated carbocycles. The standard InChI is InChI=1S/C16H13ClN2O4/c1-23-16-13(17)10(18)6-9-14(16)19(7-12(20)21)11-5-3-2-4-8(11)15(9)22/h2-6H,7,18H2,1H3,(H,20,21). The number of carboxylic acid groups (broad SMARTS) is 1. The van der Waals surface area contributed by atoms with Crippen molar-refractivity contribution in [2.24, 2.45) is 0 Å². The van der Waals surface area contributed by atoms with Gasteiger partial charge in [0.25, 0.3) is 0 Å². The van der Waals surface area contributed by atoms with Gasteiger partial charge in [0.1, 0.15) is 11.6 Å². The number of ether oxygens (including phenoxy) is 1. The highest BCUT2D eigenvalue weighted by molar-refractivity contribution is 6.36. The summed E-state index contributed by atoms with van der Waals surface area (Å²) in [5, 5.41) is 10.1. The van der Waals surface area contributed by atoms with Gasteiger partial charge < -0.3 is 20.1 Å². The molecule has 6 nitrogen and oxygen atoms in total. The third kappa shape index (κ3) is 2.27. The van der Waals surface area contributed by atoms with Gasteiger partial charge in [-0.3, -0.25) is 9.59 Å². The van der Waals surface area contributed by atoms with E-state index in [9.17, 15) is 14.7 Å². The van der Waals surface area contributed by atoms with Gasteiger partial charge in [-0.25, -0.2) is 0 Å². The van der Waals surface area contributed by atoms with Crippen molar-refractivity contribution in [1.82, 2.24) is 4.57 Å². The average Bonchev–Trinajstić information content (AvgIpc) is 2.53. The molecule has 0 radical (unpaired) electrons. The molecular formula is C16H13ClN2O4. The van der Waals surface area contributed by atoms with Crippen LogP contribution in [0.4, 0.5) is 5.69 Å². The molecule has 0 spiro atoms. The Kier molecular flexibility index (Phi) is 3.61. The molecule has 1 aromatic heterocycles. The smallest absolute Gasteiger partial charge is 0.323 e. The van der Waals surface area contributed by atoms with Crippen LogP contribution in [-0.4, -0.2) is 22.8 Å². The van der Waals surface area contributed by atoms with Crippen molar-refractivity contribution in [1.29, 1.82) is 0 Å². The maximum Gasteiger partial charge on any atom is 0.323 e. The number of hydrogen-bond acceptors (Lipinski definition) is 4. The second kappa shape index (κ2) is 5.48. The Bertz CT molecular complexity index is 1010. The molecule has 0 aliphatic carbocycles. The summed E-state index contributed by atoms with van der Waals surface area (Å²) in [7, 11) is 1.39. The Labute approximate surface area is 135 Å². The zero-order chi connectivity index (χ0) is 16.7. The highest BCUT2D eigenvalue weighted by atomic mass is 35.5. The molecule has 0 atom stereocenters. The summed E-state index contributed by atoms with van der Waals surface area (Å²) >= 11 is 6.17. The number of anilines is 1. The number of nitrogens with zero attached hydrogens (tertiary/aromatic N) is 1.